The van der Waals surface area contributed by atoms with Crippen LogP contribution in [0, 0.1) is 0 Å². The van der Waals surface area contributed by atoms with Crippen molar-refractivity contribution in [1.29, 1.82) is 0 Å². The third-order valence-electron chi connectivity index (χ3n) is 3.44. The molecule has 2 N–H and O–H groups in total. The number of nitrogens with zero attached hydrogens (tertiary/aromatic N) is 4. The van der Waals surface area contributed by atoms with Crippen molar-refractivity contribution >= 4 is 17.9 Å². The Morgan fingerprint density at radius 1 is 1.23 bits per heavy atom. The van der Waals surface area contributed by atoms with Crippen LogP contribution >= 0.6 is 0 Å². The molecule has 26 heavy (non-hydrogen) atoms. The molecule has 1 aliphatic heterocycles. The number of ether oxygens (including phenoxy) is 1. The fraction of sp³-hybridized carbons (Fsp3) is 0.667. The molecule has 8 nitrogen and oxygen atoms in total. The first-order valence-corrected chi connectivity index (χ1v) is 7.17. The lowest BCUT2D eigenvalue weighted by Gasteiger charge is -2.24. The van der Waals surface area contributed by atoms with Gasteiger partial charge in [-0.05, 0) is 12.8 Å². The van der Waals surface area contributed by atoms with Crippen LogP contribution in [-0.4, -0.2) is 64.1 Å². The first-order valence-electron chi connectivity index (χ1n) is 7.17. The highest BCUT2D eigenvalue weighted by Crippen LogP contribution is 2.36. The standard InChI is InChI=1S/C12H13F6N5O3/c1-19-8-20-9(23-4-2-3-5(23)6(24)25)22-10(21-8)26-7(11(13,14)15)12(16,17)18/h5,7H,2-4H2,1H3,(H,24,25)(H,19,20,21,22)/t5-/m0/s1. The predicted molar refractivity (Wildman–Crippen MR) is 73.9 cm³/mol. The lowest BCUT2D eigenvalue weighted by atomic mass is 10.2. The minimum Gasteiger partial charge on any atom is -0.480 e. The van der Waals surface area contributed by atoms with Gasteiger partial charge in [0, 0.05) is 13.6 Å². The van der Waals surface area contributed by atoms with Crippen molar-refractivity contribution in [3.63, 3.8) is 0 Å². The highest BCUT2D eigenvalue weighted by Gasteiger charge is 2.59. The number of hydrogen-bond acceptors (Lipinski definition) is 7. The molecule has 0 aliphatic carbocycles. The minimum absolute atomic E-state index is 0.158. The minimum atomic E-state index is -5.75. The van der Waals surface area contributed by atoms with E-state index in [9.17, 15) is 31.1 Å². The number of aromatic nitrogens is 3. The normalized spacial score (nSPS) is 18.3. The molecule has 2 rings (SSSR count). The second-order valence-electron chi connectivity index (χ2n) is 5.26. The number of nitrogens with one attached hydrogen (secondary N) is 1. The van der Waals surface area contributed by atoms with Gasteiger partial charge in [0.05, 0.1) is 0 Å². The van der Waals surface area contributed by atoms with Crippen molar-refractivity contribution in [2.75, 3.05) is 23.8 Å². The fourth-order valence-electron chi connectivity index (χ4n) is 2.33. The second kappa shape index (κ2) is 6.99. The summed E-state index contributed by atoms with van der Waals surface area (Å²) in [6, 6.07) is -2.29. The molecule has 0 saturated carbocycles. The van der Waals surface area contributed by atoms with E-state index in [1.807, 2.05) is 0 Å². The Hall–Kier alpha value is -2.54. The summed E-state index contributed by atoms with van der Waals surface area (Å²) in [6.45, 7) is 0.158. The molecule has 0 radical (unpaired) electrons. The van der Waals surface area contributed by atoms with Gasteiger partial charge in [-0.3, -0.25) is 0 Å². The van der Waals surface area contributed by atoms with Gasteiger partial charge in [-0.25, -0.2) is 4.79 Å². The lowest BCUT2D eigenvalue weighted by molar-refractivity contribution is -0.301. The maximum absolute atomic E-state index is 12.6. The first kappa shape index (κ1) is 19.8. The van der Waals surface area contributed by atoms with Crippen molar-refractivity contribution in [3.8, 4) is 6.01 Å². The summed E-state index contributed by atoms with van der Waals surface area (Å²) in [7, 11) is 1.27. The Balaban J connectivity index is 2.39. The number of carboxylic acid groups (broad SMARTS) is 1. The Kier molecular flexibility index (Phi) is 5.32. The molecule has 0 unspecified atom stereocenters. The number of alkyl halides is 6. The zero-order chi connectivity index (χ0) is 19.7. The predicted octanol–water partition coefficient (Wildman–Crippen LogP) is 1.84. The average molecular weight is 389 g/mol. The smallest absolute Gasteiger partial charge is 0.434 e. The highest BCUT2D eigenvalue weighted by molar-refractivity contribution is 5.78. The molecule has 1 aromatic heterocycles. The van der Waals surface area contributed by atoms with E-state index >= 15 is 0 Å². The van der Waals surface area contributed by atoms with Gasteiger partial charge in [0.25, 0.3) is 6.10 Å². The molecule has 0 aromatic carbocycles. The van der Waals surface area contributed by atoms with Crippen molar-refractivity contribution in [2.45, 2.75) is 37.3 Å². The molecule has 1 aliphatic rings. The molecule has 1 fully saturated rings. The van der Waals surface area contributed by atoms with Crippen LogP contribution in [0.4, 0.5) is 38.2 Å². The van der Waals surface area contributed by atoms with Gasteiger partial charge in [-0.15, -0.1) is 0 Å². The van der Waals surface area contributed by atoms with E-state index in [-0.39, 0.29) is 18.9 Å². The van der Waals surface area contributed by atoms with Crippen LogP contribution in [0.5, 0.6) is 6.01 Å². The van der Waals surface area contributed by atoms with Crippen molar-refractivity contribution in [1.82, 2.24) is 15.0 Å². The molecule has 0 amide bonds. The van der Waals surface area contributed by atoms with Crippen LogP contribution in [0.15, 0.2) is 0 Å². The summed E-state index contributed by atoms with van der Waals surface area (Å²) in [5, 5.41) is 11.5. The van der Waals surface area contributed by atoms with Gasteiger partial charge < -0.3 is 20.1 Å². The molecule has 2 heterocycles. The van der Waals surface area contributed by atoms with Gasteiger partial charge in [-0.2, -0.15) is 41.3 Å². The van der Waals surface area contributed by atoms with Crippen LogP contribution in [0.25, 0.3) is 0 Å². The topological polar surface area (TPSA) is 100 Å². The summed E-state index contributed by atoms with van der Waals surface area (Å²) in [6.07, 6.45) is -15.0. The fourth-order valence-corrected chi connectivity index (χ4v) is 2.33. The van der Waals surface area contributed by atoms with Crippen molar-refractivity contribution in [3.05, 3.63) is 0 Å². The van der Waals surface area contributed by atoms with Gasteiger partial charge in [-0.1, -0.05) is 0 Å². The van der Waals surface area contributed by atoms with Crippen molar-refractivity contribution < 1.29 is 41.0 Å². The number of carbonyl (C=O) groups is 1. The van der Waals surface area contributed by atoms with E-state index in [1.54, 1.807) is 0 Å². The Labute approximate surface area is 142 Å². The van der Waals surface area contributed by atoms with Crippen LogP contribution in [0.2, 0.25) is 0 Å². The number of rotatable bonds is 5. The summed E-state index contributed by atoms with van der Waals surface area (Å²) in [5.41, 5.74) is 0. The number of carboxylic acids is 1. The van der Waals surface area contributed by atoms with Crippen LogP contribution in [-0.2, 0) is 4.79 Å². The zero-order valence-electron chi connectivity index (χ0n) is 13.1. The molecule has 14 heteroatoms. The summed E-state index contributed by atoms with van der Waals surface area (Å²) in [4.78, 5) is 22.9. The van der Waals surface area contributed by atoms with Crippen LogP contribution in [0.1, 0.15) is 12.8 Å². The van der Waals surface area contributed by atoms with Gasteiger partial charge in [0.2, 0.25) is 11.9 Å². The average Bonchev–Trinajstić information content (AvgIpc) is 3.00. The van der Waals surface area contributed by atoms with E-state index in [4.69, 9.17) is 5.11 Å². The van der Waals surface area contributed by atoms with E-state index in [0.717, 1.165) is 4.90 Å². The summed E-state index contributed by atoms with van der Waals surface area (Å²) in [5.74, 6) is -1.99. The van der Waals surface area contributed by atoms with Gasteiger partial charge in [0.15, 0.2) is 0 Å². The monoisotopic (exact) mass is 389 g/mol. The summed E-state index contributed by atoms with van der Waals surface area (Å²) < 4.78 is 79.8. The summed E-state index contributed by atoms with van der Waals surface area (Å²) >= 11 is 0. The Bertz CT molecular complexity index is 654. The van der Waals surface area contributed by atoms with E-state index in [0.29, 0.717) is 6.42 Å². The van der Waals surface area contributed by atoms with Crippen molar-refractivity contribution in [2.24, 2.45) is 0 Å². The zero-order valence-corrected chi connectivity index (χ0v) is 13.1. The molecule has 1 atom stereocenters. The van der Waals surface area contributed by atoms with E-state index < -0.39 is 42.4 Å². The SMILES string of the molecule is CNc1nc(OC(C(F)(F)F)C(F)(F)F)nc(N2CCC[C@H]2C(=O)O)n1. The van der Waals surface area contributed by atoms with Crippen LogP contribution in [0.3, 0.4) is 0 Å². The number of aliphatic carboxylic acids is 1. The van der Waals surface area contributed by atoms with Gasteiger partial charge >= 0.3 is 24.3 Å². The lowest BCUT2D eigenvalue weighted by Crippen LogP contribution is -2.47. The van der Waals surface area contributed by atoms with Gasteiger partial charge in [0.1, 0.15) is 6.04 Å². The maximum atomic E-state index is 12.6. The van der Waals surface area contributed by atoms with Crippen LogP contribution < -0.4 is 15.0 Å². The quantitative estimate of drug-likeness (QED) is 0.736. The Morgan fingerprint density at radius 3 is 2.35 bits per heavy atom. The van der Waals surface area contributed by atoms with E-state index in [1.165, 1.54) is 7.05 Å². The molecular weight excluding hydrogens is 376 g/mol. The Morgan fingerprint density at radius 2 is 1.85 bits per heavy atom. The molecule has 0 bridgehead atoms. The number of anilines is 2. The molecule has 0 spiro atoms. The maximum Gasteiger partial charge on any atom is 0.434 e. The molecule has 1 aromatic rings. The molecular formula is C12H13F6N5O3. The highest BCUT2D eigenvalue weighted by atomic mass is 19.4. The first-order chi connectivity index (χ1) is 11.9. The third kappa shape index (κ3) is 4.35. The second-order valence-corrected chi connectivity index (χ2v) is 5.26. The van der Waals surface area contributed by atoms with E-state index in [2.05, 4.69) is 25.0 Å². The number of hydrogen-bond donors (Lipinski definition) is 2. The molecule has 146 valence electrons. The number of halogens is 6. The largest absolute Gasteiger partial charge is 0.480 e. The third-order valence-corrected chi connectivity index (χ3v) is 3.44. The molecule has 1 saturated heterocycles.